The van der Waals surface area contributed by atoms with Crippen molar-refractivity contribution in [2.24, 2.45) is 4.99 Å². The zero-order valence-electron chi connectivity index (χ0n) is 15.0. The fourth-order valence-corrected chi connectivity index (χ4v) is 3.46. The van der Waals surface area contributed by atoms with Gasteiger partial charge in [0.15, 0.2) is 16.7 Å². The third-order valence-electron chi connectivity index (χ3n) is 3.86. The van der Waals surface area contributed by atoms with Crippen molar-refractivity contribution in [3.8, 4) is 23.0 Å². The Morgan fingerprint density at radius 3 is 2.37 bits per heavy atom. The van der Waals surface area contributed by atoms with E-state index >= 15 is 0 Å². The average Bonchev–Trinajstić information content (AvgIpc) is 2.91. The Labute approximate surface area is 160 Å². The number of methoxy groups -OCH3 is 2. The summed E-state index contributed by atoms with van der Waals surface area (Å²) in [6, 6.07) is 9.72. The molecule has 0 aliphatic carbocycles. The molecule has 0 aromatic heterocycles. The van der Waals surface area contributed by atoms with E-state index in [-0.39, 0.29) is 28.9 Å². The van der Waals surface area contributed by atoms with E-state index in [4.69, 9.17) is 9.47 Å². The Bertz CT molecular complexity index is 930. The first kappa shape index (κ1) is 18.7. The van der Waals surface area contributed by atoms with Crippen molar-refractivity contribution in [3.63, 3.8) is 0 Å². The fourth-order valence-electron chi connectivity index (χ4n) is 2.47. The number of aromatic hydroxyl groups is 2. The molecule has 1 fully saturated rings. The quantitative estimate of drug-likeness (QED) is 0.783. The molecular formula is C19H18N2O5S. The smallest absolute Gasteiger partial charge is 0.266 e. The van der Waals surface area contributed by atoms with Gasteiger partial charge in [0.25, 0.3) is 5.91 Å². The molecular weight excluding hydrogens is 368 g/mol. The van der Waals surface area contributed by atoms with Crippen LogP contribution in [0.15, 0.2) is 46.3 Å². The molecule has 1 heterocycles. The highest BCUT2D eigenvalue weighted by Crippen LogP contribution is 2.39. The van der Waals surface area contributed by atoms with Gasteiger partial charge in [0.2, 0.25) is 5.75 Å². The summed E-state index contributed by atoms with van der Waals surface area (Å²) in [5.41, 5.74) is 1.19. The number of phenols is 2. The topological polar surface area (TPSA) is 91.6 Å². The molecule has 8 heteroatoms. The molecule has 1 saturated heterocycles. The van der Waals surface area contributed by atoms with E-state index in [1.807, 2.05) is 0 Å². The predicted octanol–water partition coefficient (Wildman–Crippen LogP) is 3.35. The van der Waals surface area contributed by atoms with Crippen LogP contribution in [0.1, 0.15) is 5.56 Å². The summed E-state index contributed by atoms with van der Waals surface area (Å²) in [5.74, 6) is 0.297. The number of nitrogens with zero attached hydrogens (tertiary/aromatic N) is 2. The summed E-state index contributed by atoms with van der Waals surface area (Å²) < 4.78 is 10.3. The van der Waals surface area contributed by atoms with Gasteiger partial charge in [0.1, 0.15) is 5.75 Å². The molecule has 2 aromatic carbocycles. The zero-order chi connectivity index (χ0) is 19.6. The molecule has 1 amide bonds. The SMILES string of the molecule is COc1cc(/C=C2\SC(=Nc3cccc(O)c3)N(C)C2=O)cc(OC)c1O. The minimum atomic E-state index is -0.204. The highest BCUT2D eigenvalue weighted by atomic mass is 32.2. The van der Waals surface area contributed by atoms with Gasteiger partial charge in [0.05, 0.1) is 24.8 Å². The average molecular weight is 386 g/mol. The number of carbonyl (C=O) groups excluding carboxylic acids is 1. The van der Waals surface area contributed by atoms with Crippen LogP contribution in [0.4, 0.5) is 5.69 Å². The number of likely N-dealkylation sites (N-methyl/N-ethyl adjacent to an activating group) is 1. The van der Waals surface area contributed by atoms with Crippen LogP contribution in [-0.4, -0.2) is 47.5 Å². The Morgan fingerprint density at radius 1 is 1.11 bits per heavy atom. The number of rotatable bonds is 4. The van der Waals surface area contributed by atoms with E-state index in [2.05, 4.69) is 4.99 Å². The number of ether oxygens (including phenoxy) is 2. The van der Waals surface area contributed by atoms with E-state index in [0.717, 1.165) is 0 Å². The second-order valence-corrected chi connectivity index (χ2v) is 6.67. The number of hydrogen-bond acceptors (Lipinski definition) is 7. The normalized spacial score (nSPS) is 17.0. The van der Waals surface area contributed by atoms with E-state index < -0.39 is 0 Å². The van der Waals surface area contributed by atoms with Gasteiger partial charge in [-0.2, -0.15) is 0 Å². The molecule has 0 unspecified atom stereocenters. The number of benzene rings is 2. The molecule has 2 N–H and O–H groups in total. The standard InChI is InChI=1S/C19H18N2O5S/c1-21-18(24)16(27-19(21)20-12-5-4-6-13(22)10-12)9-11-7-14(25-2)17(23)15(8-11)26-3/h4-10,22-23H,1-3H3/b16-9-,20-19?. The third-order valence-corrected chi connectivity index (χ3v) is 4.92. The maximum Gasteiger partial charge on any atom is 0.266 e. The Morgan fingerprint density at radius 2 is 1.78 bits per heavy atom. The third kappa shape index (κ3) is 3.85. The molecule has 1 aliphatic heterocycles. The van der Waals surface area contributed by atoms with Gasteiger partial charge in [-0.3, -0.25) is 9.69 Å². The Balaban J connectivity index is 1.95. The van der Waals surface area contributed by atoms with E-state index in [0.29, 0.717) is 21.3 Å². The summed E-state index contributed by atoms with van der Waals surface area (Å²) in [6.45, 7) is 0. The van der Waals surface area contributed by atoms with Gasteiger partial charge in [-0.15, -0.1) is 0 Å². The summed E-state index contributed by atoms with van der Waals surface area (Å²) in [7, 11) is 4.51. The second kappa shape index (κ2) is 7.63. The number of hydrogen-bond donors (Lipinski definition) is 2. The lowest BCUT2D eigenvalue weighted by Crippen LogP contribution is -2.23. The Hall–Kier alpha value is -3.13. The highest BCUT2D eigenvalue weighted by Gasteiger charge is 2.30. The van der Waals surface area contributed by atoms with E-state index in [1.165, 1.54) is 36.9 Å². The fraction of sp³-hybridized carbons (Fsp3) is 0.158. The first-order chi connectivity index (χ1) is 12.9. The minimum absolute atomic E-state index is 0.101. The van der Waals surface area contributed by atoms with Crippen molar-refractivity contribution < 1.29 is 24.5 Å². The van der Waals surface area contributed by atoms with Gasteiger partial charge < -0.3 is 19.7 Å². The number of carbonyl (C=O) groups is 1. The van der Waals surface area contributed by atoms with Crippen molar-refractivity contribution in [1.29, 1.82) is 0 Å². The Kier molecular flexibility index (Phi) is 5.27. The minimum Gasteiger partial charge on any atom is -0.508 e. The van der Waals surface area contributed by atoms with Gasteiger partial charge in [0, 0.05) is 13.1 Å². The lowest BCUT2D eigenvalue weighted by atomic mass is 10.1. The van der Waals surface area contributed by atoms with Gasteiger partial charge in [-0.25, -0.2) is 4.99 Å². The number of phenolic OH excluding ortho intramolecular Hbond substituents is 2. The van der Waals surface area contributed by atoms with Crippen LogP contribution in [-0.2, 0) is 4.79 Å². The largest absolute Gasteiger partial charge is 0.508 e. The molecule has 7 nitrogen and oxygen atoms in total. The molecule has 0 spiro atoms. The molecule has 0 atom stereocenters. The van der Waals surface area contributed by atoms with Crippen molar-refractivity contribution >= 4 is 34.6 Å². The highest BCUT2D eigenvalue weighted by molar-refractivity contribution is 8.18. The number of amidine groups is 1. The van der Waals surface area contributed by atoms with Gasteiger partial charge >= 0.3 is 0 Å². The van der Waals surface area contributed by atoms with Crippen LogP contribution in [0.25, 0.3) is 6.08 Å². The number of aliphatic imine (C=N–C) groups is 1. The monoisotopic (exact) mass is 386 g/mol. The van der Waals surface area contributed by atoms with Crippen LogP contribution in [0.3, 0.4) is 0 Å². The molecule has 0 radical (unpaired) electrons. The maximum atomic E-state index is 12.5. The molecule has 27 heavy (non-hydrogen) atoms. The van der Waals surface area contributed by atoms with Gasteiger partial charge in [-0.05, 0) is 47.7 Å². The lowest BCUT2D eigenvalue weighted by molar-refractivity contribution is -0.121. The first-order valence-corrected chi connectivity index (χ1v) is 8.75. The summed E-state index contributed by atoms with van der Waals surface area (Å²) in [4.78, 5) is 18.9. The first-order valence-electron chi connectivity index (χ1n) is 7.93. The van der Waals surface area contributed by atoms with Gasteiger partial charge in [-0.1, -0.05) is 6.07 Å². The molecule has 0 bridgehead atoms. The number of thioether (sulfide) groups is 1. The predicted molar refractivity (Wildman–Crippen MR) is 105 cm³/mol. The molecule has 3 rings (SSSR count). The summed E-state index contributed by atoms with van der Waals surface area (Å²) >= 11 is 1.22. The molecule has 2 aromatic rings. The maximum absolute atomic E-state index is 12.5. The summed E-state index contributed by atoms with van der Waals surface area (Å²) in [6.07, 6.45) is 1.68. The van der Waals surface area contributed by atoms with Crippen molar-refractivity contribution in [2.45, 2.75) is 0 Å². The van der Waals surface area contributed by atoms with Crippen LogP contribution in [0.2, 0.25) is 0 Å². The van der Waals surface area contributed by atoms with Crippen LogP contribution in [0, 0.1) is 0 Å². The zero-order valence-corrected chi connectivity index (χ0v) is 15.8. The van der Waals surface area contributed by atoms with Crippen LogP contribution < -0.4 is 9.47 Å². The van der Waals surface area contributed by atoms with E-state index in [9.17, 15) is 15.0 Å². The molecule has 140 valence electrons. The van der Waals surface area contributed by atoms with Crippen molar-refractivity contribution in [2.75, 3.05) is 21.3 Å². The van der Waals surface area contributed by atoms with Crippen LogP contribution >= 0.6 is 11.8 Å². The summed E-state index contributed by atoms with van der Waals surface area (Å²) in [5, 5.41) is 20.1. The van der Waals surface area contributed by atoms with Crippen molar-refractivity contribution in [1.82, 2.24) is 4.90 Å². The van der Waals surface area contributed by atoms with Crippen LogP contribution in [0.5, 0.6) is 23.0 Å². The second-order valence-electron chi connectivity index (χ2n) is 5.66. The van der Waals surface area contributed by atoms with E-state index in [1.54, 1.807) is 43.5 Å². The lowest BCUT2D eigenvalue weighted by Gasteiger charge is -2.09. The number of amides is 1. The molecule has 0 saturated carbocycles. The van der Waals surface area contributed by atoms with Crippen molar-refractivity contribution in [3.05, 3.63) is 46.9 Å². The molecule has 1 aliphatic rings.